The number of hydrogen-bond acceptors (Lipinski definition) is 3. The monoisotopic (exact) mass is 459 g/mol. The second kappa shape index (κ2) is 9.92. The summed E-state index contributed by atoms with van der Waals surface area (Å²) in [5, 5.41) is 3.73. The number of imidazole rings is 1. The van der Waals surface area contributed by atoms with Gasteiger partial charge in [-0.15, -0.1) is 0 Å². The maximum atomic E-state index is 13.7. The molecular formula is C27H26ClN3O2. The third kappa shape index (κ3) is 4.78. The van der Waals surface area contributed by atoms with Gasteiger partial charge in [0, 0.05) is 22.7 Å². The van der Waals surface area contributed by atoms with E-state index in [9.17, 15) is 4.79 Å². The van der Waals surface area contributed by atoms with Crippen molar-refractivity contribution in [1.29, 1.82) is 0 Å². The molecule has 0 aliphatic rings. The summed E-state index contributed by atoms with van der Waals surface area (Å²) in [4.78, 5) is 18.6. The van der Waals surface area contributed by atoms with Crippen LogP contribution in [0.3, 0.4) is 0 Å². The molecule has 1 amide bonds. The van der Waals surface area contributed by atoms with E-state index in [2.05, 4.69) is 5.32 Å². The van der Waals surface area contributed by atoms with Gasteiger partial charge in [-0.2, -0.15) is 0 Å². The molecule has 0 unspecified atom stereocenters. The Morgan fingerprint density at radius 3 is 2.45 bits per heavy atom. The number of carbonyl (C=O) groups excluding carboxylic acids is 1. The lowest BCUT2D eigenvalue weighted by Gasteiger charge is -2.17. The molecular weight excluding hydrogens is 434 g/mol. The smallest absolute Gasteiger partial charge is 0.270 e. The molecule has 5 nitrogen and oxygen atoms in total. The minimum absolute atomic E-state index is 0.197. The standard InChI is InChI=1S/C27H26ClN3O2/c1-4-31-25(27(32)29-18(2)20-12-9-15-23(17-20)33-3)24(21-13-8-14-22(28)16-21)30-26(31)19-10-6-5-7-11-19/h5-18H,4H2,1-3H3,(H,29,32)/t18-/m0/s1. The maximum Gasteiger partial charge on any atom is 0.270 e. The average molecular weight is 460 g/mol. The third-order valence-corrected chi connectivity index (χ3v) is 5.81. The summed E-state index contributed by atoms with van der Waals surface area (Å²) in [6.07, 6.45) is 0. The zero-order valence-corrected chi connectivity index (χ0v) is 19.6. The molecule has 33 heavy (non-hydrogen) atoms. The topological polar surface area (TPSA) is 56.2 Å². The zero-order valence-electron chi connectivity index (χ0n) is 18.9. The number of hydrogen-bond donors (Lipinski definition) is 1. The van der Waals surface area contributed by atoms with E-state index in [1.54, 1.807) is 7.11 Å². The van der Waals surface area contributed by atoms with E-state index in [1.165, 1.54) is 0 Å². The number of carbonyl (C=O) groups is 1. The minimum Gasteiger partial charge on any atom is -0.497 e. The van der Waals surface area contributed by atoms with E-state index >= 15 is 0 Å². The number of ether oxygens (including phenoxy) is 1. The van der Waals surface area contributed by atoms with Crippen molar-refractivity contribution in [3.63, 3.8) is 0 Å². The lowest BCUT2D eigenvalue weighted by atomic mass is 10.1. The molecule has 1 aromatic heterocycles. The Morgan fingerprint density at radius 2 is 1.76 bits per heavy atom. The van der Waals surface area contributed by atoms with Gasteiger partial charge in [0.05, 0.1) is 13.2 Å². The lowest BCUT2D eigenvalue weighted by Crippen LogP contribution is -2.29. The Balaban J connectivity index is 1.79. The van der Waals surface area contributed by atoms with Crippen molar-refractivity contribution < 1.29 is 9.53 Å². The van der Waals surface area contributed by atoms with Crippen molar-refractivity contribution in [1.82, 2.24) is 14.9 Å². The second-order valence-electron chi connectivity index (χ2n) is 7.73. The van der Waals surface area contributed by atoms with E-state index in [-0.39, 0.29) is 11.9 Å². The van der Waals surface area contributed by atoms with Crippen LogP contribution in [0, 0.1) is 0 Å². The van der Waals surface area contributed by atoms with Crippen LogP contribution in [0.5, 0.6) is 5.75 Å². The highest BCUT2D eigenvalue weighted by Gasteiger charge is 2.25. The molecule has 0 saturated heterocycles. The lowest BCUT2D eigenvalue weighted by molar-refractivity contribution is 0.0931. The largest absolute Gasteiger partial charge is 0.497 e. The second-order valence-corrected chi connectivity index (χ2v) is 8.16. The molecule has 0 fully saturated rings. The van der Waals surface area contributed by atoms with Crippen LogP contribution >= 0.6 is 11.6 Å². The molecule has 0 radical (unpaired) electrons. The van der Waals surface area contributed by atoms with Crippen molar-refractivity contribution in [2.45, 2.75) is 26.4 Å². The van der Waals surface area contributed by atoms with E-state index in [0.29, 0.717) is 23.0 Å². The number of nitrogens with zero attached hydrogens (tertiary/aromatic N) is 2. The van der Waals surface area contributed by atoms with E-state index < -0.39 is 0 Å². The summed E-state index contributed by atoms with van der Waals surface area (Å²) < 4.78 is 7.29. The molecule has 3 aromatic carbocycles. The Kier molecular flexibility index (Phi) is 6.80. The molecule has 4 aromatic rings. The summed E-state index contributed by atoms with van der Waals surface area (Å²) in [5.74, 6) is 1.29. The number of amides is 1. The predicted molar refractivity (Wildman–Crippen MR) is 133 cm³/mol. The van der Waals surface area contributed by atoms with Crippen LogP contribution in [0.1, 0.15) is 35.9 Å². The molecule has 168 valence electrons. The predicted octanol–water partition coefficient (Wildman–Crippen LogP) is 6.39. The molecule has 0 bridgehead atoms. The average Bonchev–Trinajstić information content (AvgIpc) is 3.24. The van der Waals surface area contributed by atoms with Crippen molar-refractivity contribution in [3.8, 4) is 28.4 Å². The maximum absolute atomic E-state index is 13.7. The Bertz CT molecular complexity index is 1270. The van der Waals surface area contributed by atoms with Crippen molar-refractivity contribution in [3.05, 3.63) is 95.1 Å². The van der Waals surface area contributed by atoms with Crippen LogP contribution < -0.4 is 10.1 Å². The normalized spacial score (nSPS) is 11.8. The van der Waals surface area contributed by atoms with Crippen LogP contribution in [0.25, 0.3) is 22.6 Å². The number of rotatable bonds is 7. The molecule has 1 N–H and O–H groups in total. The number of aromatic nitrogens is 2. The van der Waals surface area contributed by atoms with E-state index in [1.807, 2.05) is 97.3 Å². The first-order chi connectivity index (χ1) is 16.0. The number of methoxy groups -OCH3 is 1. The highest BCUT2D eigenvalue weighted by molar-refractivity contribution is 6.30. The molecule has 1 atom stereocenters. The van der Waals surface area contributed by atoms with Crippen LogP contribution in [0.4, 0.5) is 0 Å². The fourth-order valence-electron chi connectivity index (χ4n) is 3.89. The number of nitrogens with one attached hydrogen (secondary N) is 1. The Morgan fingerprint density at radius 1 is 1.03 bits per heavy atom. The van der Waals surface area contributed by atoms with Crippen molar-refractivity contribution >= 4 is 17.5 Å². The summed E-state index contributed by atoms with van der Waals surface area (Å²) in [6, 6.07) is 24.8. The molecule has 0 saturated carbocycles. The van der Waals surface area contributed by atoms with Crippen LogP contribution in [0.2, 0.25) is 5.02 Å². The molecule has 0 aliphatic heterocycles. The first-order valence-electron chi connectivity index (χ1n) is 10.9. The van der Waals surface area contributed by atoms with Gasteiger partial charge in [-0.05, 0) is 43.7 Å². The summed E-state index contributed by atoms with van der Waals surface area (Å²) in [6.45, 7) is 4.56. The summed E-state index contributed by atoms with van der Waals surface area (Å²) in [7, 11) is 1.63. The van der Waals surface area contributed by atoms with Gasteiger partial charge < -0.3 is 14.6 Å². The van der Waals surface area contributed by atoms with Gasteiger partial charge in [-0.1, -0.05) is 66.2 Å². The van der Waals surface area contributed by atoms with Gasteiger partial charge in [0.15, 0.2) is 0 Å². The van der Waals surface area contributed by atoms with Gasteiger partial charge in [-0.3, -0.25) is 4.79 Å². The molecule has 4 rings (SSSR count). The first kappa shape index (κ1) is 22.6. The minimum atomic E-state index is -0.222. The first-order valence-corrected chi connectivity index (χ1v) is 11.3. The highest BCUT2D eigenvalue weighted by atomic mass is 35.5. The summed E-state index contributed by atoms with van der Waals surface area (Å²) >= 11 is 6.27. The fourth-order valence-corrected chi connectivity index (χ4v) is 4.09. The van der Waals surface area contributed by atoms with Crippen molar-refractivity contribution in [2.24, 2.45) is 0 Å². The Hall–Kier alpha value is -3.57. The van der Waals surface area contributed by atoms with Gasteiger partial charge in [0.25, 0.3) is 5.91 Å². The highest BCUT2D eigenvalue weighted by Crippen LogP contribution is 2.31. The molecule has 6 heteroatoms. The molecule has 1 heterocycles. The fraction of sp³-hybridized carbons (Fsp3) is 0.185. The molecule has 0 spiro atoms. The van der Waals surface area contributed by atoms with E-state index in [4.69, 9.17) is 21.3 Å². The Labute approximate surface area is 199 Å². The number of halogens is 1. The zero-order chi connectivity index (χ0) is 23.4. The van der Waals surface area contributed by atoms with Crippen LogP contribution in [-0.4, -0.2) is 22.6 Å². The SMILES string of the molecule is CCn1c(-c2ccccc2)nc(-c2cccc(Cl)c2)c1C(=O)N[C@@H](C)c1cccc(OC)c1. The van der Waals surface area contributed by atoms with Crippen molar-refractivity contribution in [2.75, 3.05) is 7.11 Å². The van der Waals surface area contributed by atoms with Crippen LogP contribution in [0.15, 0.2) is 78.9 Å². The quantitative estimate of drug-likeness (QED) is 0.348. The molecule has 0 aliphatic carbocycles. The third-order valence-electron chi connectivity index (χ3n) is 5.57. The number of benzene rings is 3. The van der Waals surface area contributed by atoms with E-state index in [0.717, 1.165) is 28.3 Å². The van der Waals surface area contributed by atoms with Gasteiger partial charge in [0.2, 0.25) is 0 Å². The van der Waals surface area contributed by atoms with Gasteiger partial charge >= 0.3 is 0 Å². The van der Waals surface area contributed by atoms with Gasteiger partial charge in [0.1, 0.15) is 23.0 Å². The summed E-state index contributed by atoms with van der Waals surface area (Å²) in [5.41, 5.74) is 3.81. The van der Waals surface area contributed by atoms with Crippen LogP contribution in [-0.2, 0) is 6.54 Å². The van der Waals surface area contributed by atoms with Gasteiger partial charge in [-0.25, -0.2) is 4.98 Å².